The van der Waals surface area contributed by atoms with Crippen LogP contribution < -0.4 is 5.32 Å². The zero-order valence-electron chi connectivity index (χ0n) is 14.0. The van der Waals surface area contributed by atoms with Crippen LogP contribution in [0.5, 0.6) is 0 Å². The van der Waals surface area contributed by atoms with Crippen LogP contribution >= 0.6 is 0 Å². The highest BCUT2D eigenvalue weighted by Crippen LogP contribution is 2.27. The lowest BCUT2D eigenvalue weighted by Gasteiger charge is -2.28. The van der Waals surface area contributed by atoms with Crippen LogP contribution in [0, 0.1) is 5.41 Å². The van der Waals surface area contributed by atoms with E-state index >= 15 is 0 Å². The topological polar surface area (TPSA) is 82.5 Å². The minimum atomic E-state index is -3.51. The molecule has 130 valence electrons. The number of aliphatic hydroxyl groups is 1. The number of nitrogens with zero attached hydrogens (tertiary/aromatic N) is 2. The molecule has 0 saturated carbocycles. The lowest BCUT2D eigenvalue weighted by Crippen LogP contribution is -2.36. The molecule has 1 aromatic rings. The molecular weight excluding hydrogens is 314 g/mol. The highest BCUT2D eigenvalue weighted by Gasteiger charge is 2.29. The molecule has 1 aromatic heterocycles. The number of hydrogen-bond acceptors (Lipinski definition) is 5. The van der Waals surface area contributed by atoms with E-state index in [4.69, 9.17) is 5.11 Å². The molecule has 2 N–H and O–H groups in total. The number of aromatic nitrogens is 1. The van der Waals surface area contributed by atoms with Crippen molar-refractivity contribution in [2.45, 2.75) is 44.4 Å². The normalized spacial score (nSPS) is 17.2. The smallest absolute Gasteiger partial charge is 0.246 e. The first-order valence-electron chi connectivity index (χ1n) is 8.17. The summed E-state index contributed by atoms with van der Waals surface area (Å²) in [5.74, 6) is 0.393. The third-order valence-electron chi connectivity index (χ3n) is 4.23. The Balaban J connectivity index is 2.20. The van der Waals surface area contributed by atoms with E-state index in [9.17, 15) is 8.42 Å². The summed E-state index contributed by atoms with van der Waals surface area (Å²) in [5.41, 5.74) is -0.140. The third-order valence-corrected chi connectivity index (χ3v) is 6.16. The first kappa shape index (κ1) is 18.2. The minimum absolute atomic E-state index is 0.107. The molecule has 0 unspecified atom stereocenters. The van der Waals surface area contributed by atoms with Crippen molar-refractivity contribution in [3.63, 3.8) is 0 Å². The minimum Gasteiger partial charge on any atom is -0.396 e. The molecule has 6 nitrogen and oxygen atoms in total. The molecular formula is C16H27N3O3S. The van der Waals surface area contributed by atoms with Gasteiger partial charge in [-0.05, 0) is 36.8 Å². The Morgan fingerprint density at radius 3 is 2.65 bits per heavy atom. The predicted octanol–water partition coefficient (Wildman–Crippen LogP) is 2.08. The summed E-state index contributed by atoms with van der Waals surface area (Å²) in [5, 5.41) is 12.3. The van der Waals surface area contributed by atoms with Crippen molar-refractivity contribution in [2.75, 3.05) is 31.6 Å². The van der Waals surface area contributed by atoms with Crippen molar-refractivity contribution >= 4 is 15.8 Å². The molecule has 0 aromatic carbocycles. The van der Waals surface area contributed by atoms with E-state index in [1.54, 1.807) is 22.6 Å². The van der Waals surface area contributed by atoms with Crippen molar-refractivity contribution in [1.29, 1.82) is 0 Å². The van der Waals surface area contributed by atoms with Crippen molar-refractivity contribution < 1.29 is 13.5 Å². The number of anilines is 1. The Kier molecular flexibility index (Phi) is 6.00. The highest BCUT2D eigenvalue weighted by atomic mass is 32.2. The van der Waals surface area contributed by atoms with Crippen molar-refractivity contribution in [3.05, 3.63) is 18.3 Å². The summed E-state index contributed by atoms with van der Waals surface area (Å²) in [7, 11) is -3.51. The van der Waals surface area contributed by atoms with Crippen LogP contribution in [-0.4, -0.2) is 49.1 Å². The molecule has 2 heterocycles. The molecule has 1 saturated heterocycles. The second-order valence-electron chi connectivity index (χ2n) is 6.81. The Morgan fingerprint density at radius 1 is 1.30 bits per heavy atom. The lowest BCUT2D eigenvalue weighted by atomic mass is 9.90. The molecule has 23 heavy (non-hydrogen) atoms. The molecule has 1 fully saturated rings. The number of aliphatic hydroxyl groups excluding tert-OH is 1. The molecule has 0 spiro atoms. The van der Waals surface area contributed by atoms with E-state index in [0.717, 1.165) is 19.3 Å². The van der Waals surface area contributed by atoms with Gasteiger partial charge in [-0.1, -0.05) is 20.3 Å². The van der Waals surface area contributed by atoms with Gasteiger partial charge >= 0.3 is 0 Å². The van der Waals surface area contributed by atoms with Gasteiger partial charge in [-0.15, -0.1) is 0 Å². The second-order valence-corrected chi connectivity index (χ2v) is 8.71. The summed E-state index contributed by atoms with van der Waals surface area (Å²) in [6, 6.07) is 3.26. The van der Waals surface area contributed by atoms with E-state index < -0.39 is 10.0 Å². The monoisotopic (exact) mass is 341 g/mol. The van der Waals surface area contributed by atoms with Crippen molar-refractivity contribution in [1.82, 2.24) is 9.29 Å². The second kappa shape index (κ2) is 7.59. The van der Waals surface area contributed by atoms with E-state index in [2.05, 4.69) is 10.3 Å². The summed E-state index contributed by atoms with van der Waals surface area (Å²) < 4.78 is 27.3. The Bertz CT molecular complexity index is 611. The number of piperidine rings is 1. The quantitative estimate of drug-likeness (QED) is 0.793. The first-order chi connectivity index (χ1) is 10.9. The van der Waals surface area contributed by atoms with Crippen LogP contribution in [0.2, 0.25) is 0 Å². The van der Waals surface area contributed by atoms with E-state index in [0.29, 0.717) is 31.9 Å². The Morgan fingerprint density at radius 2 is 2.00 bits per heavy atom. The number of pyridine rings is 1. The largest absolute Gasteiger partial charge is 0.396 e. The fourth-order valence-corrected chi connectivity index (χ4v) is 4.33. The molecule has 0 atom stereocenters. The molecule has 0 aliphatic carbocycles. The molecule has 2 rings (SSSR count). The van der Waals surface area contributed by atoms with E-state index in [1.165, 1.54) is 0 Å². The number of sulfonamides is 1. The summed E-state index contributed by atoms with van der Waals surface area (Å²) >= 11 is 0. The van der Waals surface area contributed by atoms with E-state index in [-0.39, 0.29) is 16.9 Å². The Labute approximate surface area is 139 Å². The number of nitrogens with one attached hydrogen (secondary N) is 1. The van der Waals surface area contributed by atoms with Crippen LogP contribution in [0.25, 0.3) is 0 Å². The maximum absolute atomic E-state index is 12.9. The average molecular weight is 341 g/mol. The van der Waals surface area contributed by atoms with Crippen LogP contribution in [0.3, 0.4) is 0 Å². The molecule has 0 bridgehead atoms. The Hall–Kier alpha value is -1.18. The van der Waals surface area contributed by atoms with Crippen LogP contribution in [-0.2, 0) is 10.0 Å². The summed E-state index contributed by atoms with van der Waals surface area (Å²) in [4.78, 5) is 4.46. The highest BCUT2D eigenvalue weighted by molar-refractivity contribution is 7.89. The maximum Gasteiger partial charge on any atom is 0.246 e. The van der Waals surface area contributed by atoms with Gasteiger partial charge in [0, 0.05) is 32.4 Å². The predicted molar refractivity (Wildman–Crippen MR) is 90.8 cm³/mol. The third kappa shape index (κ3) is 4.65. The maximum atomic E-state index is 12.9. The van der Waals surface area contributed by atoms with Crippen molar-refractivity contribution in [2.24, 2.45) is 5.41 Å². The van der Waals surface area contributed by atoms with Gasteiger partial charge in [0.25, 0.3) is 0 Å². The lowest BCUT2D eigenvalue weighted by molar-refractivity contribution is 0.220. The van der Waals surface area contributed by atoms with Crippen molar-refractivity contribution in [3.8, 4) is 0 Å². The molecule has 1 aliphatic rings. The van der Waals surface area contributed by atoms with Crippen LogP contribution in [0.15, 0.2) is 23.2 Å². The van der Waals surface area contributed by atoms with Gasteiger partial charge in [0.1, 0.15) is 10.7 Å². The first-order valence-corrected chi connectivity index (χ1v) is 9.61. The fraction of sp³-hybridized carbons (Fsp3) is 0.688. The zero-order chi connectivity index (χ0) is 16.9. The fourth-order valence-electron chi connectivity index (χ4n) is 2.69. The molecule has 0 radical (unpaired) electrons. The van der Waals surface area contributed by atoms with Gasteiger partial charge in [0.05, 0.1) is 0 Å². The number of rotatable bonds is 7. The molecule has 1 aliphatic heterocycles. The van der Waals surface area contributed by atoms with Gasteiger partial charge in [0.2, 0.25) is 10.0 Å². The van der Waals surface area contributed by atoms with Gasteiger partial charge in [-0.2, -0.15) is 4.31 Å². The number of hydrogen-bond donors (Lipinski definition) is 2. The zero-order valence-corrected chi connectivity index (χ0v) is 14.8. The molecule has 0 amide bonds. The van der Waals surface area contributed by atoms with Gasteiger partial charge in [0.15, 0.2) is 0 Å². The SMILES string of the molecule is CC(C)(CCO)CNc1ncccc1S(=O)(=O)N1CCCCC1. The van der Waals surface area contributed by atoms with E-state index in [1.807, 2.05) is 13.8 Å². The van der Waals surface area contributed by atoms with Gasteiger partial charge < -0.3 is 10.4 Å². The van der Waals surface area contributed by atoms with Gasteiger partial charge in [-0.25, -0.2) is 13.4 Å². The van der Waals surface area contributed by atoms with Crippen LogP contribution in [0.1, 0.15) is 39.5 Å². The standard InChI is InChI=1S/C16H27N3O3S/c1-16(2,8-12-20)13-18-15-14(7-6-9-17-15)23(21,22)19-10-4-3-5-11-19/h6-7,9,20H,3-5,8,10-13H2,1-2H3,(H,17,18). The average Bonchev–Trinajstić information content (AvgIpc) is 2.54. The van der Waals surface area contributed by atoms with Gasteiger partial charge in [-0.3, -0.25) is 0 Å². The summed E-state index contributed by atoms with van der Waals surface area (Å²) in [6.07, 6.45) is 5.13. The van der Waals surface area contributed by atoms with Crippen LogP contribution in [0.4, 0.5) is 5.82 Å². The summed E-state index contributed by atoms with van der Waals surface area (Å²) in [6.45, 7) is 5.86. The molecule has 7 heteroatoms.